The van der Waals surface area contributed by atoms with Crippen LogP contribution < -0.4 is 5.32 Å². The van der Waals surface area contributed by atoms with E-state index < -0.39 is 0 Å². The normalized spacial score (nSPS) is 18.2. The first-order valence-electron chi connectivity index (χ1n) is 10.8. The molecular formula is C23H30N4O4. The highest BCUT2D eigenvalue weighted by atomic mass is 16.5. The minimum atomic E-state index is -0.0885. The maximum absolute atomic E-state index is 12.5. The first-order valence-corrected chi connectivity index (χ1v) is 10.8. The van der Waals surface area contributed by atoms with Gasteiger partial charge in [0, 0.05) is 51.5 Å². The van der Waals surface area contributed by atoms with Gasteiger partial charge in [-0.2, -0.15) is 0 Å². The van der Waals surface area contributed by atoms with E-state index in [1.807, 2.05) is 19.1 Å². The standard InChI is InChI=1S/C23H30N4O4/c1-18-2-7-21(31-18)23(29)27-10-8-25(9-11-27)17-22(28)24-20-5-3-19(4-6-20)16-26-12-14-30-15-13-26/h2-7H,8-17H2,1H3,(H,24,28). The Balaban J connectivity index is 1.20. The molecule has 1 aromatic carbocycles. The molecule has 1 N–H and O–H groups in total. The lowest BCUT2D eigenvalue weighted by Crippen LogP contribution is -2.50. The highest BCUT2D eigenvalue weighted by Crippen LogP contribution is 2.14. The monoisotopic (exact) mass is 426 g/mol. The number of furan rings is 1. The van der Waals surface area contributed by atoms with Gasteiger partial charge in [0.15, 0.2) is 5.76 Å². The molecule has 8 heteroatoms. The predicted octanol–water partition coefficient (Wildman–Crippen LogP) is 1.82. The topological polar surface area (TPSA) is 78.3 Å². The van der Waals surface area contributed by atoms with E-state index in [4.69, 9.17) is 9.15 Å². The van der Waals surface area contributed by atoms with Crippen molar-refractivity contribution in [1.82, 2.24) is 14.7 Å². The molecule has 4 rings (SSSR count). The van der Waals surface area contributed by atoms with E-state index in [1.165, 1.54) is 5.56 Å². The van der Waals surface area contributed by atoms with Crippen LogP contribution >= 0.6 is 0 Å². The van der Waals surface area contributed by atoms with Crippen molar-refractivity contribution in [2.24, 2.45) is 0 Å². The van der Waals surface area contributed by atoms with E-state index in [9.17, 15) is 9.59 Å². The van der Waals surface area contributed by atoms with E-state index >= 15 is 0 Å². The van der Waals surface area contributed by atoms with Crippen LogP contribution in [0.3, 0.4) is 0 Å². The fourth-order valence-corrected chi connectivity index (χ4v) is 3.93. The summed E-state index contributed by atoms with van der Waals surface area (Å²) in [6.07, 6.45) is 0. The molecule has 2 saturated heterocycles. The quantitative estimate of drug-likeness (QED) is 0.759. The molecule has 2 fully saturated rings. The summed E-state index contributed by atoms with van der Waals surface area (Å²) in [4.78, 5) is 31.1. The van der Waals surface area contributed by atoms with E-state index in [-0.39, 0.29) is 11.8 Å². The molecule has 2 aromatic rings. The number of hydrogen-bond donors (Lipinski definition) is 1. The van der Waals surface area contributed by atoms with Gasteiger partial charge in [0.05, 0.1) is 19.8 Å². The molecule has 0 saturated carbocycles. The number of nitrogens with zero attached hydrogens (tertiary/aromatic N) is 3. The third-order valence-electron chi connectivity index (χ3n) is 5.73. The third kappa shape index (κ3) is 5.94. The van der Waals surface area contributed by atoms with Crippen LogP contribution in [0.5, 0.6) is 0 Å². The number of anilines is 1. The van der Waals surface area contributed by atoms with Crippen LogP contribution in [-0.4, -0.2) is 85.5 Å². The molecule has 166 valence electrons. The van der Waals surface area contributed by atoms with E-state index in [0.717, 1.165) is 44.3 Å². The van der Waals surface area contributed by atoms with Crippen molar-refractivity contribution in [3.8, 4) is 0 Å². The summed E-state index contributed by atoms with van der Waals surface area (Å²) in [7, 11) is 0. The number of morpholine rings is 1. The second kappa shape index (κ2) is 10.1. The number of nitrogens with one attached hydrogen (secondary N) is 1. The number of carbonyl (C=O) groups excluding carboxylic acids is 2. The van der Waals surface area contributed by atoms with Crippen molar-refractivity contribution < 1.29 is 18.7 Å². The Hall–Kier alpha value is -2.68. The van der Waals surface area contributed by atoms with Crippen molar-refractivity contribution in [2.45, 2.75) is 13.5 Å². The molecule has 0 aliphatic carbocycles. The molecular weight excluding hydrogens is 396 g/mol. The third-order valence-corrected chi connectivity index (χ3v) is 5.73. The average molecular weight is 427 g/mol. The Morgan fingerprint density at radius 3 is 2.26 bits per heavy atom. The van der Waals surface area contributed by atoms with Gasteiger partial charge >= 0.3 is 0 Å². The summed E-state index contributed by atoms with van der Waals surface area (Å²) in [5.74, 6) is 0.977. The lowest BCUT2D eigenvalue weighted by Gasteiger charge is -2.33. The van der Waals surface area contributed by atoms with Crippen LogP contribution in [0.2, 0.25) is 0 Å². The molecule has 2 aliphatic heterocycles. The molecule has 0 spiro atoms. The second-order valence-electron chi connectivity index (χ2n) is 8.11. The van der Waals surface area contributed by atoms with Crippen LogP contribution in [0.1, 0.15) is 21.9 Å². The molecule has 0 unspecified atom stereocenters. The van der Waals surface area contributed by atoms with Gasteiger partial charge in [-0.1, -0.05) is 12.1 Å². The smallest absolute Gasteiger partial charge is 0.289 e. The molecule has 2 aliphatic rings. The molecule has 8 nitrogen and oxygen atoms in total. The number of piperazine rings is 1. The Labute approximate surface area is 182 Å². The summed E-state index contributed by atoms with van der Waals surface area (Å²) < 4.78 is 10.8. The van der Waals surface area contributed by atoms with Gasteiger partial charge in [0.2, 0.25) is 5.91 Å². The van der Waals surface area contributed by atoms with Crippen molar-refractivity contribution in [1.29, 1.82) is 0 Å². The number of rotatable bonds is 6. The number of hydrogen-bond acceptors (Lipinski definition) is 6. The maximum atomic E-state index is 12.5. The largest absolute Gasteiger partial charge is 0.456 e. The molecule has 1 aromatic heterocycles. The van der Waals surface area contributed by atoms with Crippen molar-refractivity contribution in [2.75, 3.05) is 64.3 Å². The molecule has 2 amide bonds. The lowest BCUT2D eigenvalue weighted by atomic mass is 10.2. The second-order valence-corrected chi connectivity index (χ2v) is 8.11. The summed E-state index contributed by atoms with van der Waals surface area (Å²) in [6, 6.07) is 11.5. The number of ether oxygens (including phenoxy) is 1. The summed E-state index contributed by atoms with van der Waals surface area (Å²) >= 11 is 0. The van der Waals surface area contributed by atoms with Gasteiger partial charge in [0.25, 0.3) is 5.91 Å². The van der Waals surface area contributed by atoms with Crippen LogP contribution in [0.15, 0.2) is 40.8 Å². The maximum Gasteiger partial charge on any atom is 0.289 e. The Bertz CT molecular complexity index is 881. The molecule has 3 heterocycles. The van der Waals surface area contributed by atoms with Crippen LogP contribution in [-0.2, 0) is 16.1 Å². The van der Waals surface area contributed by atoms with Crippen LogP contribution in [0.4, 0.5) is 5.69 Å². The van der Waals surface area contributed by atoms with Gasteiger partial charge in [-0.15, -0.1) is 0 Å². The van der Waals surface area contributed by atoms with E-state index in [0.29, 0.717) is 38.5 Å². The first kappa shape index (κ1) is 21.5. The highest BCUT2D eigenvalue weighted by molar-refractivity contribution is 5.92. The summed E-state index contributed by atoms with van der Waals surface area (Å²) in [5, 5.41) is 2.97. The van der Waals surface area contributed by atoms with Crippen LogP contribution in [0, 0.1) is 6.92 Å². The Morgan fingerprint density at radius 1 is 0.903 bits per heavy atom. The van der Waals surface area contributed by atoms with Gasteiger partial charge in [-0.25, -0.2) is 0 Å². The minimum Gasteiger partial charge on any atom is -0.456 e. The fraction of sp³-hybridized carbons (Fsp3) is 0.478. The molecule has 0 bridgehead atoms. The number of benzene rings is 1. The van der Waals surface area contributed by atoms with Gasteiger partial charge in [-0.05, 0) is 36.8 Å². The summed E-state index contributed by atoms with van der Waals surface area (Å²) in [6.45, 7) is 9.04. The van der Waals surface area contributed by atoms with E-state index in [1.54, 1.807) is 17.0 Å². The molecule has 31 heavy (non-hydrogen) atoms. The van der Waals surface area contributed by atoms with Gasteiger partial charge in [0.1, 0.15) is 5.76 Å². The SMILES string of the molecule is Cc1ccc(C(=O)N2CCN(CC(=O)Nc3ccc(CN4CCOCC4)cc3)CC2)o1. The van der Waals surface area contributed by atoms with Gasteiger partial charge in [-0.3, -0.25) is 19.4 Å². The fourth-order valence-electron chi connectivity index (χ4n) is 3.93. The highest BCUT2D eigenvalue weighted by Gasteiger charge is 2.25. The van der Waals surface area contributed by atoms with Crippen molar-refractivity contribution in [3.63, 3.8) is 0 Å². The zero-order valence-corrected chi connectivity index (χ0v) is 18.0. The first-order chi connectivity index (χ1) is 15.1. The zero-order chi connectivity index (χ0) is 21.6. The van der Waals surface area contributed by atoms with E-state index in [2.05, 4.69) is 27.2 Å². The minimum absolute atomic E-state index is 0.0395. The number of carbonyl (C=O) groups is 2. The van der Waals surface area contributed by atoms with Gasteiger partial charge < -0.3 is 19.4 Å². The predicted molar refractivity (Wildman–Crippen MR) is 117 cm³/mol. The number of aryl methyl sites for hydroxylation is 1. The lowest BCUT2D eigenvalue weighted by molar-refractivity contribution is -0.117. The summed E-state index contributed by atoms with van der Waals surface area (Å²) in [5.41, 5.74) is 2.03. The zero-order valence-electron chi connectivity index (χ0n) is 18.0. The molecule has 0 atom stereocenters. The van der Waals surface area contributed by atoms with Crippen molar-refractivity contribution in [3.05, 3.63) is 53.5 Å². The van der Waals surface area contributed by atoms with Crippen molar-refractivity contribution >= 4 is 17.5 Å². The Kier molecular flexibility index (Phi) is 7.01. The number of amides is 2. The molecule has 0 radical (unpaired) electrons. The average Bonchev–Trinajstić information content (AvgIpc) is 3.22. The Morgan fingerprint density at radius 2 is 1.61 bits per heavy atom. The van der Waals surface area contributed by atoms with Crippen LogP contribution in [0.25, 0.3) is 0 Å².